The number of carbonyl (C=O) groups excluding carboxylic acids is 1. The van der Waals surface area contributed by atoms with Gasteiger partial charge >= 0.3 is 0 Å². The minimum atomic E-state index is -1.27. The largest absolute Gasteiger partial charge is 0.507 e. The van der Waals surface area contributed by atoms with Gasteiger partial charge in [0.05, 0.1) is 29.3 Å². The van der Waals surface area contributed by atoms with Crippen molar-refractivity contribution in [3.05, 3.63) is 108 Å². The molecule has 11 rings (SSSR count). The van der Waals surface area contributed by atoms with Crippen LogP contribution >= 0.6 is 0 Å². The van der Waals surface area contributed by atoms with E-state index in [1.165, 1.54) is 0 Å². The average Bonchev–Trinajstić information content (AvgIpc) is 3.83. The minimum absolute atomic E-state index is 0.0358. The molecule has 73 heavy (non-hydrogen) atoms. The van der Waals surface area contributed by atoms with E-state index in [1.54, 1.807) is 43.6 Å². The van der Waals surface area contributed by atoms with E-state index in [4.69, 9.17) is 17.2 Å². The van der Waals surface area contributed by atoms with Crippen molar-refractivity contribution in [2.45, 2.75) is 75.2 Å². The molecule has 4 aromatic heterocycles. The van der Waals surface area contributed by atoms with E-state index in [0.29, 0.717) is 64.2 Å². The van der Waals surface area contributed by atoms with Crippen LogP contribution in [-0.4, -0.2) is 116 Å². The van der Waals surface area contributed by atoms with Gasteiger partial charge in [0, 0.05) is 96.7 Å². The topological polar surface area (TPSA) is 250 Å². The molecule has 0 aliphatic carbocycles. The normalized spacial score (nSPS) is 21.2. The zero-order valence-electron chi connectivity index (χ0n) is 40.7. The highest BCUT2D eigenvalue weighted by atomic mass is 16.3. The molecule has 5 atom stereocenters. The van der Waals surface area contributed by atoms with Gasteiger partial charge in [0.25, 0.3) is 0 Å². The lowest BCUT2D eigenvalue weighted by Gasteiger charge is -2.43. The number of para-hydroxylation sites is 2. The Kier molecular flexibility index (Phi) is 12.8. The van der Waals surface area contributed by atoms with Crippen molar-refractivity contribution in [3.63, 3.8) is 0 Å². The van der Waals surface area contributed by atoms with E-state index in [2.05, 4.69) is 84.3 Å². The Morgan fingerprint density at radius 2 is 1.23 bits per heavy atom. The van der Waals surface area contributed by atoms with E-state index in [9.17, 15) is 15.0 Å². The third-order valence-electron chi connectivity index (χ3n) is 15.1. The molecule has 0 spiro atoms. The maximum Gasteiger partial charge on any atom is 0.223 e. The first-order valence-electron chi connectivity index (χ1n) is 25.1. The number of carbonyl (C=O) groups is 1. The van der Waals surface area contributed by atoms with Crippen LogP contribution in [0.5, 0.6) is 11.5 Å². The van der Waals surface area contributed by atoms with E-state index in [-0.39, 0.29) is 54.0 Å². The van der Waals surface area contributed by atoms with Gasteiger partial charge in [-0.3, -0.25) is 4.79 Å². The van der Waals surface area contributed by atoms with Crippen LogP contribution < -0.4 is 47.4 Å². The third kappa shape index (κ3) is 9.55. The van der Waals surface area contributed by atoms with E-state index in [1.807, 2.05) is 54.6 Å². The number of hydrogen-bond acceptors (Lipinski definition) is 17. The molecule has 9 heterocycles. The van der Waals surface area contributed by atoms with Crippen LogP contribution in [0.25, 0.3) is 22.5 Å². The monoisotopic (exact) mass is 977 g/mol. The SMILES string of the molecule is CC(N)(C#Cc1cc(N2C3CCC2CN(c2cc(-c4ccccc4O)nnc2N)C3)ccn1)c1cccc(-c2cc(N3CC4CCC(C3)N4c3ccnc(C#CCNC(=O)C4CCNCC4)c3)c(N)nn2)c1O. The number of nitrogens with two attached hydrogens (primary N) is 3. The lowest BCUT2D eigenvalue weighted by molar-refractivity contribution is -0.125. The van der Waals surface area contributed by atoms with Crippen LogP contribution in [0, 0.1) is 29.6 Å². The van der Waals surface area contributed by atoms with E-state index in [0.717, 1.165) is 87.5 Å². The first-order valence-corrected chi connectivity index (χ1v) is 25.1. The smallest absolute Gasteiger partial charge is 0.223 e. The average molecular weight is 978 g/mol. The number of nitrogens with zero attached hydrogens (tertiary/aromatic N) is 10. The summed E-state index contributed by atoms with van der Waals surface area (Å²) in [5.74, 6) is 13.5. The fourth-order valence-corrected chi connectivity index (χ4v) is 11.5. The number of hydrogen-bond donors (Lipinski definition) is 7. The van der Waals surface area contributed by atoms with Crippen molar-refractivity contribution < 1.29 is 15.0 Å². The molecular weight excluding hydrogens is 919 g/mol. The lowest BCUT2D eigenvalue weighted by Crippen LogP contribution is -2.54. The molecule has 5 fully saturated rings. The molecule has 5 aliphatic heterocycles. The molecule has 10 N–H and O–H groups in total. The summed E-state index contributed by atoms with van der Waals surface area (Å²) in [6, 6.07) is 25.3. The maximum absolute atomic E-state index is 12.6. The molecular formula is C55H59N15O3. The van der Waals surface area contributed by atoms with Crippen molar-refractivity contribution in [2.24, 2.45) is 11.7 Å². The molecule has 1 amide bonds. The number of aromatic hydroxyl groups is 2. The molecule has 5 aliphatic rings. The van der Waals surface area contributed by atoms with Crippen LogP contribution in [0.4, 0.5) is 34.4 Å². The molecule has 5 unspecified atom stereocenters. The second kappa shape index (κ2) is 19.8. The van der Waals surface area contributed by atoms with Crippen LogP contribution in [0.2, 0.25) is 0 Å². The molecule has 0 saturated carbocycles. The van der Waals surface area contributed by atoms with E-state index >= 15 is 0 Å². The van der Waals surface area contributed by atoms with Gasteiger partial charge in [-0.1, -0.05) is 36.1 Å². The van der Waals surface area contributed by atoms with Gasteiger partial charge in [-0.2, -0.15) is 0 Å². The zero-order valence-corrected chi connectivity index (χ0v) is 40.7. The van der Waals surface area contributed by atoms with Crippen LogP contribution in [0.15, 0.2) is 91.3 Å². The summed E-state index contributed by atoms with van der Waals surface area (Å²) < 4.78 is 0. The zero-order chi connectivity index (χ0) is 50.2. The Morgan fingerprint density at radius 1 is 0.699 bits per heavy atom. The third-order valence-corrected chi connectivity index (χ3v) is 15.1. The number of pyridine rings is 2. The van der Waals surface area contributed by atoms with Crippen LogP contribution in [-0.2, 0) is 10.3 Å². The number of anilines is 6. The summed E-state index contributed by atoms with van der Waals surface area (Å²) in [6.45, 7) is 6.70. The number of rotatable bonds is 9. The number of nitrogen functional groups attached to an aromatic ring is 2. The van der Waals surface area contributed by atoms with Gasteiger partial charge in [0.1, 0.15) is 28.4 Å². The summed E-state index contributed by atoms with van der Waals surface area (Å²) in [6.07, 6.45) is 9.32. The summed E-state index contributed by atoms with van der Waals surface area (Å²) in [7, 11) is 0. The number of nitrogens with one attached hydrogen (secondary N) is 2. The highest BCUT2D eigenvalue weighted by Crippen LogP contribution is 2.42. The van der Waals surface area contributed by atoms with Gasteiger partial charge in [0.15, 0.2) is 11.6 Å². The Labute approximate surface area is 424 Å². The second-order valence-corrected chi connectivity index (χ2v) is 19.9. The summed E-state index contributed by atoms with van der Waals surface area (Å²) >= 11 is 0. The minimum Gasteiger partial charge on any atom is -0.507 e. The van der Waals surface area contributed by atoms with Crippen molar-refractivity contribution in [1.29, 1.82) is 0 Å². The quantitative estimate of drug-likeness (QED) is 0.0994. The molecule has 5 saturated heterocycles. The van der Waals surface area contributed by atoms with Gasteiger partial charge in [-0.15, -0.1) is 20.4 Å². The highest BCUT2D eigenvalue weighted by molar-refractivity contribution is 5.79. The Bertz CT molecular complexity index is 3170. The number of benzene rings is 2. The molecule has 6 aromatic rings. The Morgan fingerprint density at radius 3 is 1.81 bits per heavy atom. The number of piperidine rings is 1. The first-order chi connectivity index (χ1) is 35.5. The molecule has 18 nitrogen and oxygen atoms in total. The Hall–Kier alpha value is -8.19. The van der Waals surface area contributed by atoms with Gasteiger partial charge in [0.2, 0.25) is 5.91 Å². The predicted octanol–water partition coefficient (Wildman–Crippen LogP) is 4.37. The highest BCUT2D eigenvalue weighted by Gasteiger charge is 2.42. The predicted molar refractivity (Wildman–Crippen MR) is 282 cm³/mol. The van der Waals surface area contributed by atoms with Crippen LogP contribution in [0.3, 0.4) is 0 Å². The number of phenolic OH excluding ortho intramolecular Hbond substituents is 2. The number of phenols is 2. The summed E-state index contributed by atoms with van der Waals surface area (Å²) in [5, 5.41) is 46.1. The standard InChI is InChI=1S/C55H59N15O3/c1-55(58,20-15-36-27-38(19-25-61-36)70-41-13-14-42(70)31-67(30-41)48-28-46(63-65-52(48)56)43-7-2-3-10-50(43)71)45-9-4-8-44(51(45)72)47-29-49(53(57)66-64-47)68-32-39-11-12-40(33-68)69(39)37-18-24-60-35(26-37)6-5-21-62-54(73)34-16-22-59-23-17-34/h2-4,7-10,18-19,24-29,34,39-42,59,71-72H,11-14,16-17,21-23,30-33,58H2,1H3,(H2,56,65)(H2,57,66)(H,62,73). The lowest BCUT2D eigenvalue weighted by atomic mass is 9.90. The second-order valence-electron chi connectivity index (χ2n) is 19.9. The molecule has 372 valence electrons. The van der Waals surface area contributed by atoms with Crippen molar-refractivity contribution in [2.75, 3.05) is 76.9 Å². The number of fused-ring (bicyclic) bond motifs is 4. The van der Waals surface area contributed by atoms with Gasteiger partial charge in [-0.25, -0.2) is 9.97 Å². The summed E-state index contributed by atoms with van der Waals surface area (Å²) in [5.41, 5.74) is 26.1. The number of amides is 1. The fraction of sp³-hybridized carbons (Fsp3) is 0.364. The number of aromatic nitrogens is 6. The molecule has 2 aromatic carbocycles. The van der Waals surface area contributed by atoms with Crippen molar-refractivity contribution in [1.82, 2.24) is 41.0 Å². The van der Waals surface area contributed by atoms with Gasteiger partial charge in [-0.05, 0) is 125 Å². The first kappa shape index (κ1) is 47.2. The summed E-state index contributed by atoms with van der Waals surface area (Å²) in [4.78, 5) is 31.1. The van der Waals surface area contributed by atoms with Crippen LogP contribution in [0.1, 0.15) is 62.4 Å². The maximum atomic E-state index is 12.6. The molecule has 0 radical (unpaired) electrons. The fourth-order valence-electron chi connectivity index (χ4n) is 11.5. The van der Waals surface area contributed by atoms with E-state index < -0.39 is 5.54 Å². The van der Waals surface area contributed by atoms with Crippen molar-refractivity contribution >= 4 is 40.3 Å². The Balaban J connectivity index is 0.759. The molecule has 18 heteroatoms. The van der Waals surface area contributed by atoms with Crippen molar-refractivity contribution in [3.8, 4) is 57.7 Å². The number of piperazine rings is 2. The van der Waals surface area contributed by atoms with Gasteiger partial charge < -0.3 is 57.6 Å². The molecule has 4 bridgehead atoms.